The number of benzene rings is 1. The minimum atomic E-state index is -0.417. The van der Waals surface area contributed by atoms with Crippen LogP contribution in [0.4, 0.5) is 0 Å². The second-order valence-corrected chi connectivity index (χ2v) is 7.24. The fraction of sp³-hybridized carbons (Fsp3) is 0.429. The van der Waals surface area contributed by atoms with Crippen LogP contribution in [0.5, 0.6) is 0 Å². The van der Waals surface area contributed by atoms with E-state index in [1.165, 1.54) is 18.4 Å². The number of pyridine rings is 1. The Balaban J connectivity index is 1.53. The van der Waals surface area contributed by atoms with E-state index >= 15 is 0 Å². The Kier molecular flexibility index (Phi) is 4.53. The van der Waals surface area contributed by atoms with Crippen molar-refractivity contribution < 1.29 is 4.79 Å². The fourth-order valence-corrected chi connectivity index (χ4v) is 3.81. The first kappa shape index (κ1) is 16.3. The highest BCUT2D eigenvalue weighted by atomic mass is 16.2. The molecule has 4 heteroatoms. The Labute approximate surface area is 149 Å². The lowest BCUT2D eigenvalue weighted by molar-refractivity contribution is -0.124. The molecule has 1 saturated carbocycles. The Morgan fingerprint density at radius 3 is 2.44 bits per heavy atom. The maximum atomic E-state index is 13.1. The minimum Gasteiger partial charge on any atom is -0.347 e. The summed E-state index contributed by atoms with van der Waals surface area (Å²) < 4.78 is 0. The standard InChI is InChI=1S/C21H25N3O/c25-20(21(11-12-21)19-10-4-5-13-22-19)23-18(16-24-14-6-7-15-24)17-8-2-1-3-9-17/h1-5,8-10,13,18H,6-7,11-12,14-16H2,(H,23,25). The van der Waals surface area contributed by atoms with Gasteiger partial charge in [-0.1, -0.05) is 36.4 Å². The summed E-state index contributed by atoms with van der Waals surface area (Å²) in [5, 5.41) is 3.34. The van der Waals surface area contributed by atoms with E-state index < -0.39 is 5.41 Å². The summed E-state index contributed by atoms with van der Waals surface area (Å²) >= 11 is 0. The number of nitrogens with one attached hydrogen (secondary N) is 1. The Hall–Kier alpha value is -2.20. The van der Waals surface area contributed by atoms with E-state index in [2.05, 4.69) is 27.3 Å². The quantitative estimate of drug-likeness (QED) is 0.882. The second kappa shape index (κ2) is 6.96. The van der Waals surface area contributed by atoms with Gasteiger partial charge >= 0.3 is 0 Å². The third kappa shape index (κ3) is 3.45. The molecule has 4 rings (SSSR count). The maximum Gasteiger partial charge on any atom is 0.232 e. The fourth-order valence-electron chi connectivity index (χ4n) is 3.81. The molecule has 1 aromatic heterocycles. The molecule has 1 N–H and O–H groups in total. The van der Waals surface area contributed by atoms with Gasteiger partial charge in [-0.2, -0.15) is 0 Å². The molecule has 2 fully saturated rings. The molecule has 0 spiro atoms. The lowest BCUT2D eigenvalue weighted by Crippen LogP contribution is -2.42. The van der Waals surface area contributed by atoms with Crippen molar-refractivity contribution in [2.24, 2.45) is 0 Å². The van der Waals surface area contributed by atoms with Crippen molar-refractivity contribution >= 4 is 5.91 Å². The van der Waals surface area contributed by atoms with Gasteiger partial charge in [-0.15, -0.1) is 0 Å². The summed E-state index contributed by atoms with van der Waals surface area (Å²) in [5.41, 5.74) is 1.67. The molecule has 1 atom stereocenters. The van der Waals surface area contributed by atoms with E-state index in [-0.39, 0.29) is 11.9 Å². The Bertz CT molecular complexity index is 706. The van der Waals surface area contributed by atoms with Gasteiger partial charge in [0.05, 0.1) is 17.2 Å². The summed E-state index contributed by atoms with van der Waals surface area (Å²) in [6.45, 7) is 3.14. The van der Waals surface area contributed by atoms with Crippen LogP contribution < -0.4 is 5.32 Å². The first-order valence-electron chi connectivity index (χ1n) is 9.28. The van der Waals surface area contributed by atoms with Crippen LogP contribution in [0.25, 0.3) is 0 Å². The highest BCUT2D eigenvalue weighted by molar-refractivity contribution is 5.91. The molecule has 25 heavy (non-hydrogen) atoms. The largest absolute Gasteiger partial charge is 0.347 e. The first-order chi connectivity index (χ1) is 12.3. The highest BCUT2D eigenvalue weighted by Crippen LogP contribution is 2.47. The van der Waals surface area contributed by atoms with Crippen molar-refractivity contribution in [3.05, 3.63) is 66.0 Å². The smallest absolute Gasteiger partial charge is 0.232 e. The topological polar surface area (TPSA) is 45.2 Å². The molecule has 1 amide bonds. The van der Waals surface area contributed by atoms with Crippen LogP contribution in [0.2, 0.25) is 0 Å². The molecular weight excluding hydrogens is 310 g/mol. The normalized spacial score (nSPS) is 20.2. The molecule has 2 heterocycles. The van der Waals surface area contributed by atoms with Gasteiger partial charge in [0, 0.05) is 12.7 Å². The van der Waals surface area contributed by atoms with Crippen LogP contribution in [0.15, 0.2) is 54.7 Å². The third-order valence-electron chi connectivity index (χ3n) is 5.49. The molecule has 2 aromatic rings. The molecule has 0 radical (unpaired) electrons. The lowest BCUT2D eigenvalue weighted by atomic mass is 9.98. The van der Waals surface area contributed by atoms with E-state index in [1.807, 2.05) is 36.4 Å². The number of likely N-dealkylation sites (tertiary alicyclic amines) is 1. The Morgan fingerprint density at radius 2 is 1.80 bits per heavy atom. The SMILES string of the molecule is O=C(NC(CN1CCCC1)c1ccccc1)C1(c2ccccn2)CC1. The van der Waals surface area contributed by atoms with Gasteiger partial charge in [-0.25, -0.2) is 0 Å². The molecule has 1 aromatic carbocycles. The van der Waals surface area contributed by atoms with Crippen molar-refractivity contribution in [1.82, 2.24) is 15.2 Å². The minimum absolute atomic E-state index is 0.0352. The average Bonchev–Trinajstić information content (AvgIpc) is 3.33. The van der Waals surface area contributed by atoms with E-state index in [0.717, 1.165) is 38.2 Å². The molecular formula is C21H25N3O. The Morgan fingerprint density at radius 1 is 1.08 bits per heavy atom. The summed E-state index contributed by atoms with van der Waals surface area (Å²) in [6.07, 6.45) is 6.07. The highest BCUT2D eigenvalue weighted by Gasteiger charge is 2.52. The molecule has 1 unspecified atom stereocenters. The van der Waals surface area contributed by atoms with E-state index in [1.54, 1.807) is 6.20 Å². The van der Waals surface area contributed by atoms with Gasteiger partial charge in [0.25, 0.3) is 0 Å². The van der Waals surface area contributed by atoms with E-state index in [0.29, 0.717) is 0 Å². The molecule has 0 bridgehead atoms. The molecule has 1 aliphatic carbocycles. The molecule has 2 aliphatic rings. The second-order valence-electron chi connectivity index (χ2n) is 7.24. The van der Waals surface area contributed by atoms with E-state index in [9.17, 15) is 4.79 Å². The molecule has 130 valence electrons. The number of carbonyl (C=O) groups excluding carboxylic acids is 1. The molecule has 4 nitrogen and oxygen atoms in total. The van der Waals surface area contributed by atoms with Gasteiger partial charge in [-0.3, -0.25) is 9.78 Å². The summed E-state index contributed by atoms with van der Waals surface area (Å²) in [7, 11) is 0. The number of amides is 1. The van der Waals surface area contributed by atoms with Gasteiger partial charge in [-0.05, 0) is 56.5 Å². The third-order valence-corrected chi connectivity index (χ3v) is 5.49. The first-order valence-corrected chi connectivity index (χ1v) is 9.28. The van der Waals surface area contributed by atoms with Crippen LogP contribution in [0.1, 0.15) is 43.0 Å². The number of hydrogen-bond acceptors (Lipinski definition) is 3. The number of nitrogens with zero attached hydrogens (tertiary/aromatic N) is 2. The van der Waals surface area contributed by atoms with E-state index in [4.69, 9.17) is 0 Å². The summed E-state index contributed by atoms with van der Waals surface area (Å²) in [4.78, 5) is 20.0. The number of rotatable bonds is 6. The van der Waals surface area contributed by atoms with Crippen LogP contribution in [0.3, 0.4) is 0 Å². The zero-order valence-corrected chi connectivity index (χ0v) is 14.5. The average molecular weight is 335 g/mol. The van der Waals surface area contributed by atoms with Crippen molar-refractivity contribution in [3.8, 4) is 0 Å². The van der Waals surface area contributed by atoms with Gasteiger partial charge in [0.15, 0.2) is 0 Å². The summed E-state index contributed by atoms with van der Waals surface area (Å²) in [6, 6.07) is 16.2. The zero-order valence-electron chi connectivity index (χ0n) is 14.5. The predicted molar refractivity (Wildman–Crippen MR) is 98.1 cm³/mol. The van der Waals surface area contributed by atoms with Crippen LogP contribution in [-0.2, 0) is 10.2 Å². The molecule has 1 saturated heterocycles. The van der Waals surface area contributed by atoms with Crippen LogP contribution >= 0.6 is 0 Å². The molecule has 1 aliphatic heterocycles. The number of aromatic nitrogens is 1. The van der Waals surface area contributed by atoms with Crippen molar-refractivity contribution in [3.63, 3.8) is 0 Å². The monoisotopic (exact) mass is 335 g/mol. The maximum absolute atomic E-state index is 13.1. The van der Waals surface area contributed by atoms with Crippen LogP contribution in [0, 0.1) is 0 Å². The van der Waals surface area contributed by atoms with Crippen molar-refractivity contribution in [1.29, 1.82) is 0 Å². The van der Waals surface area contributed by atoms with Gasteiger partial charge in [0.1, 0.15) is 0 Å². The number of hydrogen-bond donors (Lipinski definition) is 1. The predicted octanol–water partition coefficient (Wildman–Crippen LogP) is 3.07. The zero-order chi connectivity index (χ0) is 17.1. The van der Waals surface area contributed by atoms with Crippen molar-refractivity contribution in [2.75, 3.05) is 19.6 Å². The number of carbonyl (C=O) groups is 1. The summed E-state index contributed by atoms with van der Waals surface area (Å²) in [5.74, 6) is 0.124. The van der Waals surface area contributed by atoms with Crippen LogP contribution in [-0.4, -0.2) is 35.4 Å². The van der Waals surface area contributed by atoms with Gasteiger partial charge < -0.3 is 10.2 Å². The lowest BCUT2D eigenvalue weighted by Gasteiger charge is -2.27. The van der Waals surface area contributed by atoms with Gasteiger partial charge in [0.2, 0.25) is 5.91 Å². The van der Waals surface area contributed by atoms with Crippen molar-refractivity contribution in [2.45, 2.75) is 37.1 Å².